The van der Waals surface area contributed by atoms with Crippen molar-refractivity contribution < 1.29 is 9.13 Å². The van der Waals surface area contributed by atoms with Crippen molar-refractivity contribution in [1.82, 2.24) is 0 Å². The van der Waals surface area contributed by atoms with Crippen molar-refractivity contribution >= 4 is 15.9 Å². The summed E-state index contributed by atoms with van der Waals surface area (Å²) < 4.78 is 19.5. The third-order valence-corrected chi connectivity index (χ3v) is 3.86. The molecule has 0 amide bonds. The highest BCUT2D eigenvalue weighted by Gasteiger charge is 2.06. The van der Waals surface area contributed by atoms with E-state index in [0.717, 1.165) is 22.4 Å². The fourth-order valence-corrected chi connectivity index (χ4v) is 2.38. The maximum atomic E-state index is 13.0. The van der Waals surface area contributed by atoms with E-state index >= 15 is 0 Å². The van der Waals surface area contributed by atoms with Gasteiger partial charge < -0.3 is 10.5 Å². The van der Waals surface area contributed by atoms with E-state index < -0.39 is 0 Å². The SMILES string of the molecule is Cc1cc([C@@H](C)N)ccc1OCc1ccc(F)cc1Br. The second-order valence-corrected chi connectivity index (χ2v) is 5.69. The van der Waals surface area contributed by atoms with E-state index in [1.165, 1.54) is 12.1 Å². The summed E-state index contributed by atoms with van der Waals surface area (Å²) in [5.41, 5.74) is 8.88. The lowest BCUT2D eigenvalue weighted by Crippen LogP contribution is -2.05. The molecular formula is C16H17BrFNO. The molecule has 2 nitrogen and oxygen atoms in total. The van der Waals surface area contributed by atoms with Crippen LogP contribution in [0.15, 0.2) is 40.9 Å². The average Bonchev–Trinajstić information content (AvgIpc) is 2.38. The summed E-state index contributed by atoms with van der Waals surface area (Å²) >= 11 is 3.33. The Morgan fingerprint density at radius 1 is 1.25 bits per heavy atom. The largest absolute Gasteiger partial charge is 0.489 e. The van der Waals surface area contributed by atoms with E-state index in [0.29, 0.717) is 11.1 Å². The molecule has 106 valence electrons. The smallest absolute Gasteiger partial charge is 0.124 e. The van der Waals surface area contributed by atoms with Crippen molar-refractivity contribution in [2.45, 2.75) is 26.5 Å². The van der Waals surface area contributed by atoms with Gasteiger partial charge in [-0.25, -0.2) is 4.39 Å². The Hall–Kier alpha value is -1.39. The number of benzene rings is 2. The van der Waals surface area contributed by atoms with Crippen molar-refractivity contribution in [2.75, 3.05) is 0 Å². The molecule has 20 heavy (non-hydrogen) atoms. The molecule has 0 saturated carbocycles. The molecular weight excluding hydrogens is 321 g/mol. The van der Waals surface area contributed by atoms with Gasteiger partial charge in [0.15, 0.2) is 0 Å². The van der Waals surface area contributed by atoms with E-state index in [-0.39, 0.29) is 11.9 Å². The number of ether oxygens (including phenoxy) is 1. The summed E-state index contributed by atoms with van der Waals surface area (Å²) in [5.74, 6) is 0.545. The van der Waals surface area contributed by atoms with Crippen LogP contribution in [0.25, 0.3) is 0 Å². The molecule has 2 aromatic carbocycles. The van der Waals surface area contributed by atoms with Crippen molar-refractivity contribution in [3.05, 3.63) is 63.4 Å². The monoisotopic (exact) mass is 337 g/mol. The minimum atomic E-state index is -0.266. The van der Waals surface area contributed by atoms with Crippen LogP contribution in [0, 0.1) is 12.7 Å². The normalized spacial score (nSPS) is 12.2. The van der Waals surface area contributed by atoms with Crippen LogP contribution in [0.3, 0.4) is 0 Å². The Labute approximate surface area is 126 Å². The number of rotatable bonds is 4. The third-order valence-electron chi connectivity index (χ3n) is 3.12. The minimum Gasteiger partial charge on any atom is -0.489 e. The van der Waals surface area contributed by atoms with Gasteiger partial charge in [0.2, 0.25) is 0 Å². The number of nitrogens with two attached hydrogens (primary N) is 1. The highest BCUT2D eigenvalue weighted by molar-refractivity contribution is 9.10. The van der Waals surface area contributed by atoms with Gasteiger partial charge in [-0.1, -0.05) is 34.1 Å². The van der Waals surface area contributed by atoms with Crippen LogP contribution in [-0.4, -0.2) is 0 Å². The van der Waals surface area contributed by atoms with E-state index in [1.54, 1.807) is 6.07 Å². The van der Waals surface area contributed by atoms with Gasteiger partial charge in [0.05, 0.1) is 0 Å². The summed E-state index contributed by atoms with van der Waals surface area (Å²) in [7, 11) is 0. The third kappa shape index (κ3) is 3.58. The second-order valence-electron chi connectivity index (χ2n) is 4.84. The molecule has 0 aliphatic rings. The van der Waals surface area contributed by atoms with E-state index in [4.69, 9.17) is 10.5 Å². The van der Waals surface area contributed by atoms with Crippen LogP contribution in [0.2, 0.25) is 0 Å². The van der Waals surface area contributed by atoms with Crippen LogP contribution < -0.4 is 10.5 Å². The van der Waals surface area contributed by atoms with Gasteiger partial charge >= 0.3 is 0 Å². The van der Waals surface area contributed by atoms with Crippen molar-refractivity contribution in [1.29, 1.82) is 0 Å². The summed E-state index contributed by atoms with van der Waals surface area (Å²) in [6.07, 6.45) is 0. The zero-order chi connectivity index (χ0) is 14.7. The van der Waals surface area contributed by atoms with Gasteiger partial charge in [0, 0.05) is 16.1 Å². The van der Waals surface area contributed by atoms with Gasteiger partial charge in [0.25, 0.3) is 0 Å². The maximum absolute atomic E-state index is 13.0. The molecule has 2 aromatic rings. The van der Waals surface area contributed by atoms with Crippen molar-refractivity contribution in [2.24, 2.45) is 5.73 Å². The molecule has 0 heterocycles. The highest BCUT2D eigenvalue weighted by atomic mass is 79.9. The number of hydrogen-bond donors (Lipinski definition) is 1. The van der Waals surface area contributed by atoms with Crippen LogP contribution in [0.1, 0.15) is 29.7 Å². The quantitative estimate of drug-likeness (QED) is 0.891. The lowest BCUT2D eigenvalue weighted by atomic mass is 10.1. The summed E-state index contributed by atoms with van der Waals surface area (Å²) in [6, 6.07) is 10.5. The zero-order valence-corrected chi connectivity index (χ0v) is 13.1. The molecule has 0 unspecified atom stereocenters. The molecule has 4 heteroatoms. The first-order chi connectivity index (χ1) is 9.47. The number of aryl methyl sites for hydroxylation is 1. The number of halogens is 2. The van der Waals surface area contributed by atoms with Crippen molar-refractivity contribution in [3.63, 3.8) is 0 Å². The maximum Gasteiger partial charge on any atom is 0.124 e. The van der Waals surface area contributed by atoms with Crippen molar-refractivity contribution in [3.8, 4) is 5.75 Å². The zero-order valence-electron chi connectivity index (χ0n) is 11.5. The van der Waals surface area contributed by atoms with Gasteiger partial charge in [-0.15, -0.1) is 0 Å². The Balaban J connectivity index is 2.11. The molecule has 0 aliphatic carbocycles. The van der Waals surface area contributed by atoms with Crippen LogP contribution in [-0.2, 0) is 6.61 Å². The molecule has 2 rings (SSSR count). The Kier molecular flexibility index (Phi) is 4.78. The fraction of sp³-hybridized carbons (Fsp3) is 0.250. The first-order valence-electron chi connectivity index (χ1n) is 6.40. The molecule has 2 N–H and O–H groups in total. The predicted octanol–water partition coefficient (Wildman–Crippen LogP) is 4.50. The van der Waals surface area contributed by atoms with Crippen LogP contribution in [0.5, 0.6) is 5.75 Å². The molecule has 0 fully saturated rings. The van der Waals surface area contributed by atoms with Gasteiger partial charge in [-0.2, -0.15) is 0 Å². The number of hydrogen-bond acceptors (Lipinski definition) is 2. The van der Waals surface area contributed by atoms with E-state index in [9.17, 15) is 4.39 Å². The summed E-state index contributed by atoms with van der Waals surface area (Å²) in [6.45, 7) is 4.32. The Bertz CT molecular complexity index is 613. The topological polar surface area (TPSA) is 35.2 Å². The predicted molar refractivity (Wildman–Crippen MR) is 82.2 cm³/mol. The lowest BCUT2D eigenvalue weighted by Gasteiger charge is -2.13. The molecule has 0 bridgehead atoms. The van der Waals surface area contributed by atoms with Crippen LogP contribution >= 0.6 is 15.9 Å². The second kappa shape index (κ2) is 6.37. The molecule has 0 aliphatic heterocycles. The standard InChI is InChI=1S/C16H17BrFNO/c1-10-7-12(11(2)19)4-6-16(10)20-9-13-3-5-14(18)8-15(13)17/h3-8,11H,9,19H2,1-2H3/t11-/m1/s1. The first-order valence-corrected chi connectivity index (χ1v) is 7.19. The van der Waals surface area contributed by atoms with Gasteiger partial charge in [-0.05, 0) is 43.2 Å². The molecule has 0 radical (unpaired) electrons. The Morgan fingerprint density at radius 3 is 2.60 bits per heavy atom. The fourth-order valence-electron chi connectivity index (χ4n) is 1.91. The van der Waals surface area contributed by atoms with Gasteiger partial charge in [0.1, 0.15) is 18.2 Å². The summed E-state index contributed by atoms with van der Waals surface area (Å²) in [5, 5.41) is 0. The van der Waals surface area contributed by atoms with E-state index in [1.807, 2.05) is 32.0 Å². The Morgan fingerprint density at radius 2 is 2.00 bits per heavy atom. The molecule has 1 atom stereocenters. The first kappa shape index (κ1) is 15.0. The molecule has 0 aromatic heterocycles. The minimum absolute atomic E-state index is 0.00833. The summed E-state index contributed by atoms with van der Waals surface area (Å²) in [4.78, 5) is 0. The van der Waals surface area contributed by atoms with Crippen LogP contribution in [0.4, 0.5) is 4.39 Å². The molecule has 0 spiro atoms. The van der Waals surface area contributed by atoms with E-state index in [2.05, 4.69) is 15.9 Å². The molecule has 0 saturated heterocycles. The average molecular weight is 338 g/mol. The van der Waals surface area contributed by atoms with Gasteiger partial charge in [-0.3, -0.25) is 0 Å². The lowest BCUT2D eigenvalue weighted by molar-refractivity contribution is 0.303. The highest BCUT2D eigenvalue weighted by Crippen LogP contribution is 2.24.